The predicted molar refractivity (Wildman–Crippen MR) is 67.5 cm³/mol. The summed E-state index contributed by atoms with van der Waals surface area (Å²) in [6.07, 6.45) is 0. The van der Waals surface area contributed by atoms with Crippen molar-refractivity contribution in [3.63, 3.8) is 0 Å². The number of rotatable bonds is 4. The number of thiazole rings is 1. The summed E-state index contributed by atoms with van der Waals surface area (Å²) < 4.78 is 0. The third-order valence-electron chi connectivity index (χ3n) is 1.93. The molecule has 0 spiro atoms. The van der Waals surface area contributed by atoms with Gasteiger partial charge >= 0.3 is 0 Å². The normalized spacial score (nSPS) is 10.2. The Morgan fingerprint density at radius 1 is 1.47 bits per heavy atom. The van der Waals surface area contributed by atoms with E-state index in [2.05, 4.69) is 25.8 Å². The molecule has 90 valence electrons. The minimum Gasteiger partial charge on any atom is -0.363 e. The molecule has 2 aromatic rings. The zero-order chi connectivity index (χ0) is 12.3. The van der Waals surface area contributed by atoms with Gasteiger partial charge in [-0.05, 0) is 6.92 Å². The number of nitrogens with zero attached hydrogens (tertiary/aromatic N) is 3. The molecular formula is C9H11N5OS2. The highest BCUT2D eigenvalue weighted by Crippen LogP contribution is 2.14. The van der Waals surface area contributed by atoms with E-state index in [9.17, 15) is 4.79 Å². The Bertz CT molecular complexity index is 521. The van der Waals surface area contributed by atoms with Gasteiger partial charge in [-0.15, -0.1) is 21.5 Å². The molecule has 1 amide bonds. The summed E-state index contributed by atoms with van der Waals surface area (Å²) >= 11 is 2.78. The Labute approximate surface area is 106 Å². The number of anilines is 1. The van der Waals surface area contributed by atoms with Gasteiger partial charge in [0.15, 0.2) is 0 Å². The van der Waals surface area contributed by atoms with Crippen molar-refractivity contribution in [3.8, 4) is 0 Å². The number of amides is 1. The van der Waals surface area contributed by atoms with E-state index < -0.39 is 0 Å². The zero-order valence-electron chi connectivity index (χ0n) is 9.35. The van der Waals surface area contributed by atoms with Gasteiger partial charge in [0.25, 0.3) is 5.91 Å². The lowest BCUT2D eigenvalue weighted by Gasteiger charge is -1.98. The monoisotopic (exact) mass is 269 g/mol. The second-order valence-corrected chi connectivity index (χ2v) is 5.24. The standard InChI is InChI=1S/C9H11N5OS2/c1-5-12-6(4-16-5)3-11-7(15)8-13-14-9(10-2)17-8/h4H,3H2,1-2H3,(H,10,14)(H,11,15). The minimum atomic E-state index is -0.227. The molecule has 0 fully saturated rings. The average Bonchev–Trinajstić information content (AvgIpc) is 2.94. The highest BCUT2D eigenvalue weighted by atomic mass is 32.1. The molecule has 0 atom stereocenters. The molecule has 2 heterocycles. The predicted octanol–water partition coefficient (Wildman–Crippen LogP) is 1.27. The van der Waals surface area contributed by atoms with Crippen LogP contribution in [0.4, 0.5) is 5.13 Å². The number of hydrogen-bond donors (Lipinski definition) is 2. The van der Waals surface area contributed by atoms with Crippen LogP contribution >= 0.6 is 22.7 Å². The van der Waals surface area contributed by atoms with Crippen LogP contribution in [0.25, 0.3) is 0 Å². The number of nitrogens with one attached hydrogen (secondary N) is 2. The summed E-state index contributed by atoms with van der Waals surface area (Å²) in [6.45, 7) is 2.34. The van der Waals surface area contributed by atoms with Crippen LogP contribution in [0.2, 0.25) is 0 Å². The summed E-state index contributed by atoms with van der Waals surface area (Å²) in [5, 5.41) is 17.1. The summed E-state index contributed by atoms with van der Waals surface area (Å²) in [4.78, 5) is 16.0. The van der Waals surface area contributed by atoms with Crippen LogP contribution in [-0.4, -0.2) is 28.1 Å². The fraction of sp³-hybridized carbons (Fsp3) is 0.333. The Balaban J connectivity index is 1.93. The maximum absolute atomic E-state index is 11.7. The lowest BCUT2D eigenvalue weighted by molar-refractivity contribution is 0.0949. The molecule has 0 aliphatic rings. The Morgan fingerprint density at radius 3 is 2.88 bits per heavy atom. The maximum atomic E-state index is 11.7. The van der Waals surface area contributed by atoms with Crippen molar-refractivity contribution < 1.29 is 4.79 Å². The van der Waals surface area contributed by atoms with E-state index in [4.69, 9.17) is 0 Å². The average molecular weight is 269 g/mol. The van der Waals surface area contributed by atoms with Gasteiger partial charge < -0.3 is 10.6 Å². The van der Waals surface area contributed by atoms with Gasteiger partial charge in [-0.25, -0.2) is 4.98 Å². The molecule has 2 aromatic heterocycles. The maximum Gasteiger partial charge on any atom is 0.282 e. The van der Waals surface area contributed by atoms with Crippen LogP contribution < -0.4 is 10.6 Å². The van der Waals surface area contributed by atoms with Gasteiger partial charge in [0.05, 0.1) is 17.2 Å². The van der Waals surface area contributed by atoms with Crippen molar-refractivity contribution in [2.75, 3.05) is 12.4 Å². The van der Waals surface area contributed by atoms with E-state index in [1.165, 1.54) is 11.3 Å². The van der Waals surface area contributed by atoms with Crippen molar-refractivity contribution in [3.05, 3.63) is 21.1 Å². The number of carbonyl (C=O) groups is 1. The van der Waals surface area contributed by atoms with Gasteiger partial charge in [-0.3, -0.25) is 4.79 Å². The van der Waals surface area contributed by atoms with E-state index in [0.29, 0.717) is 16.7 Å². The molecule has 0 aromatic carbocycles. The second-order valence-electron chi connectivity index (χ2n) is 3.20. The van der Waals surface area contributed by atoms with Gasteiger partial charge in [0.2, 0.25) is 10.1 Å². The first-order valence-corrected chi connectivity index (χ1v) is 6.59. The van der Waals surface area contributed by atoms with Crippen LogP contribution in [0.15, 0.2) is 5.38 Å². The van der Waals surface area contributed by atoms with Crippen molar-refractivity contribution in [2.24, 2.45) is 0 Å². The van der Waals surface area contributed by atoms with Crippen molar-refractivity contribution >= 4 is 33.7 Å². The van der Waals surface area contributed by atoms with Gasteiger partial charge in [0, 0.05) is 12.4 Å². The summed E-state index contributed by atoms with van der Waals surface area (Å²) in [7, 11) is 1.74. The second kappa shape index (κ2) is 5.19. The number of carbonyl (C=O) groups excluding carboxylic acids is 1. The number of hydrogen-bond acceptors (Lipinski definition) is 7. The fourth-order valence-electron chi connectivity index (χ4n) is 1.15. The Kier molecular flexibility index (Phi) is 3.64. The first-order chi connectivity index (χ1) is 8.19. The number of aryl methyl sites for hydroxylation is 1. The molecule has 0 saturated carbocycles. The first kappa shape index (κ1) is 11.9. The third kappa shape index (κ3) is 2.98. The molecule has 17 heavy (non-hydrogen) atoms. The van der Waals surface area contributed by atoms with Gasteiger partial charge in [-0.2, -0.15) is 0 Å². The quantitative estimate of drug-likeness (QED) is 0.874. The molecule has 0 aliphatic carbocycles. The Morgan fingerprint density at radius 2 is 2.29 bits per heavy atom. The molecule has 2 rings (SSSR count). The van der Waals surface area contributed by atoms with E-state index >= 15 is 0 Å². The zero-order valence-corrected chi connectivity index (χ0v) is 11.0. The molecule has 8 heteroatoms. The van der Waals surface area contributed by atoms with Crippen LogP contribution in [-0.2, 0) is 6.54 Å². The summed E-state index contributed by atoms with van der Waals surface area (Å²) in [5.74, 6) is -0.227. The molecule has 0 bridgehead atoms. The molecular weight excluding hydrogens is 258 g/mol. The molecule has 0 radical (unpaired) electrons. The van der Waals surface area contributed by atoms with Gasteiger partial charge in [0.1, 0.15) is 0 Å². The highest BCUT2D eigenvalue weighted by Gasteiger charge is 2.12. The van der Waals surface area contributed by atoms with E-state index in [1.54, 1.807) is 18.4 Å². The Hall–Kier alpha value is -1.54. The lowest BCUT2D eigenvalue weighted by atomic mass is 10.4. The molecule has 2 N–H and O–H groups in total. The molecule has 0 unspecified atom stereocenters. The molecule has 0 saturated heterocycles. The van der Waals surface area contributed by atoms with Gasteiger partial charge in [-0.1, -0.05) is 11.3 Å². The van der Waals surface area contributed by atoms with E-state index in [0.717, 1.165) is 10.7 Å². The van der Waals surface area contributed by atoms with Crippen molar-refractivity contribution in [2.45, 2.75) is 13.5 Å². The summed E-state index contributed by atoms with van der Waals surface area (Å²) in [5.41, 5.74) is 0.860. The minimum absolute atomic E-state index is 0.227. The van der Waals surface area contributed by atoms with Crippen molar-refractivity contribution in [1.82, 2.24) is 20.5 Å². The van der Waals surface area contributed by atoms with Crippen LogP contribution in [0, 0.1) is 6.92 Å². The van der Waals surface area contributed by atoms with Crippen molar-refractivity contribution in [1.29, 1.82) is 0 Å². The first-order valence-electron chi connectivity index (χ1n) is 4.89. The molecule has 0 aliphatic heterocycles. The highest BCUT2D eigenvalue weighted by molar-refractivity contribution is 7.17. The van der Waals surface area contributed by atoms with E-state index in [-0.39, 0.29) is 5.91 Å². The smallest absolute Gasteiger partial charge is 0.282 e. The summed E-state index contributed by atoms with van der Waals surface area (Å²) in [6, 6.07) is 0. The topological polar surface area (TPSA) is 79.8 Å². The lowest BCUT2D eigenvalue weighted by Crippen LogP contribution is -2.22. The van der Waals surface area contributed by atoms with Crippen LogP contribution in [0.1, 0.15) is 20.5 Å². The number of aromatic nitrogens is 3. The van der Waals surface area contributed by atoms with E-state index in [1.807, 2.05) is 12.3 Å². The molecule has 6 nitrogen and oxygen atoms in total. The van der Waals surface area contributed by atoms with Crippen LogP contribution in [0.3, 0.4) is 0 Å². The largest absolute Gasteiger partial charge is 0.363 e. The third-order valence-corrected chi connectivity index (χ3v) is 3.69. The van der Waals surface area contributed by atoms with Crippen LogP contribution in [0.5, 0.6) is 0 Å². The SMILES string of the molecule is CNc1nnc(C(=O)NCc2csc(C)n2)s1. The fourth-order valence-corrected chi connectivity index (χ4v) is 2.38.